The topological polar surface area (TPSA) is 83.1 Å². The average Bonchev–Trinajstić information content (AvgIpc) is 3.18. The normalized spacial score (nSPS) is 18.0. The highest BCUT2D eigenvalue weighted by Gasteiger charge is 2.24. The van der Waals surface area contributed by atoms with Gasteiger partial charge in [0.15, 0.2) is 0 Å². The number of hydrogen-bond donors (Lipinski definition) is 2. The van der Waals surface area contributed by atoms with Crippen LogP contribution in [0, 0.1) is 0 Å². The highest BCUT2D eigenvalue weighted by atomic mass is 16.5. The molecule has 0 bridgehead atoms. The number of aromatic nitrogens is 3. The molecule has 2 aromatic heterocycles. The number of hydrogen-bond acceptors (Lipinski definition) is 5. The molecule has 1 atom stereocenters. The Kier molecular flexibility index (Phi) is 4.87. The highest BCUT2D eigenvalue weighted by Crippen LogP contribution is 2.19. The van der Waals surface area contributed by atoms with Crippen molar-refractivity contribution in [1.82, 2.24) is 25.2 Å². The van der Waals surface area contributed by atoms with Crippen molar-refractivity contribution in [2.45, 2.75) is 32.5 Å². The van der Waals surface area contributed by atoms with Crippen molar-refractivity contribution in [1.29, 1.82) is 0 Å². The summed E-state index contributed by atoms with van der Waals surface area (Å²) in [5.41, 5.74) is 1.91. The number of amides is 1. The van der Waals surface area contributed by atoms with E-state index in [1.54, 1.807) is 12.5 Å². The summed E-state index contributed by atoms with van der Waals surface area (Å²) in [4.78, 5) is 24.7. The summed E-state index contributed by atoms with van der Waals surface area (Å²) < 4.78 is 6.05. The van der Waals surface area contributed by atoms with E-state index in [0.717, 1.165) is 43.2 Å². The lowest BCUT2D eigenvalue weighted by Crippen LogP contribution is -2.25. The Balaban J connectivity index is 1.51. The second-order valence-corrected chi connectivity index (χ2v) is 5.73. The molecule has 3 heterocycles. The Labute approximate surface area is 135 Å². The molecule has 0 aliphatic carbocycles. The van der Waals surface area contributed by atoms with E-state index >= 15 is 0 Å². The van der Waals surface area contributed by atoms with Gasteiger partial charge in [-0.1, -0.05) is 0 Å². The standard InChI is InChI=1S/C16H21N5O2/c1-12(22)19-8-13-6-15(2-4-18-13)23-16-3-5-21(10-16)9-14-7-17-11-20-14/h2,4,6-7,11,16H,3,5,8-10H2,1H3,(H,17,20)(H,19,22). The fraction of sp³-hybridized carbons (Fsp3) is 0.438. The molecular weight excluding hydrogens is 294 g/mol. The van der Waals surface area contributed by atoms with Crippen LogP contribution in [0.1, 0.15) is 24.7 Å². The van der Waals surface area contributed by atoms with E-state index in [4.69, 9.17) is 4.74 Å². The second-order valence-electron chi connectivity index (χ2n) is 5.73. The van der Waals surface area contributed by atoms with Crippen LogP contribution < -0.4 is 10.1 Å². The van der Waals surface area contributed by atoms with Gasteiger partial charge in [-0.15, -0.1) is 0 Å². The molecule has 3 rings (SSSR count). The van der Waals surface area contributed by atoms with Crippen molar-refractivity contribution in [3.8, 4) is 5.75 Å². The zero-order valence-corrected chi connectivity index (χ0v) is 13.2. The smallest absolute Gasteiger partial charge is 0.217 e. The molecule has 0 radical (unpaired) electrons. The third kappa shape index (κ3) is 4.53. The maximum Gasteiger partial charge on any atom is 0.217 e. The molecule has 2 aromatic rings. The summed E-state index contributed by atoms with van der Waals surface area (Å²) in [6.45, 7) is 4.68. The van der Waals surface area contributed by atoms with Crippen LogP contribution in [0.2, 0.25) is 0 Å². The molecule has 0 saturated carbocycles. The molecule has 1 saturated heterocycles. The fourth-order valence-electron chi connectivity index (χ4n) is 2.68. The first-order valence-electron chi connectivity index (χ1n) is 7.74. The number of nitrogens with one attached hydrogen (secondary N) is 2. The first-order valence-corrected chi connectivity index (χ1v) is 7.74. The Hall–Kier alpha value is -2.41. The lowest BCUT2D eigenvalue weighted by Gasteiger charge is -2.16. The van der Waals surface area contributed by atoms with Crippen LogP contribution in [-0.2, 0) is 17.9 Å². The van der Waals surface area contributed by atoms with Crippen molar-refractivity contribution in [2.24, 2.45) is 0 Å². The van der Waals surface area contributed by atoms with Crippen molar-refractivity contribution in [3.05, 3.63) is 42.2 Å². The predicted molar refractivity (Wildman–Crippen MR) is 84.7 cm³/mol. The lowest BCUT2D eigenvalue weighted by atomic mass is 10.3. The van der Waals surface area contributed by atoms with E-state index in [-0.39, 0.29) is 12.0 Å². The number of rotatable bonds is 6. The van der Waals surface area contributed by atoms with E-state index in [1.807, 2.05) is 18.3 Å². The number of likely N-dealkylation sites (tertiary alicyclic amines) is 1. The van der Waals surface area contributed by atoms with Gasteiger partial charge in [0.1, 0.15) is 11.9 Å². The van der Waals surface area contributed by atoms with Crippen molar-refractivity contribution >= 4 is 5.91 Å². The highest BCUT2D eigenvalue weighted by molar-refractivity contribution is 5.72. The average molecular weight is 315 g/mol. The van der Waals surface area contributed by atoms with E-state index in [9.17, 15) is 4.79 Å². The third-order valence-corrected chi connectivity index (χ3v) is 3.79. The molecule has 2 N–H and O–H groups in total. The Morgan fingerprint density at radius 1 is 1.57 bits per heavy atom. The van der Waals surface area contributed by atoms with Crippen LogP contribution in [0.5, 0.6) is 5.75 Å². The minimum atomic E-state index is -0.0663. The minimum absolute atomic E-state index is 0.0663. The minimum Gasteiger partial charge on any atom is -0.489 e. The van der Waals surface area contributed by atoms with E-state index in [0.29, 0.717) is 6.54 Å². The lowest BCUT2D eigenvalue weighted by molar-refractivity contribution is -0.119. The summed E-state index contributed by atoms with van der Waals surface area (Å²) in [5.74, 6) is 0.733. The van der Waals surface area contributed by atoms with Crippen LogP contribution >= 0.6 is 0 Å². The van der Waals surface area contributed by atoms with Crippen LogP contribution in [0.25, 0.3) is 0 Å². The molecule has 1 unspecified atom stereocenters. The Morgan fingerprint density at radius 2 is 2.48 bits per heavy atom. The third-order valence-electron chi connectivity index (χ3n) is 3.79. The molecule has 7 heteroatoms. The van der Waals surface area contributed by atoms with E-state index in [1.165, 1.54) is 6.92 Å². The molecule has 1 aliphatic heterocycles. The summed E-state index contributed by atoms with van der Waals surface area (Å²) in [6.07, 6.45) is 6.44. The molecule has 1 amide bonds. The van der Waals surface area contributed by atoms with Gasteiger partial charge in [0.05, 0.1) is 18.6 Å². The maximum atomic E-state index is 11.0. The number of carbonyl (C=O) groups is 1. The van der Waals surface area contributed by atoms with Crippen molar-refractivity contribution in [3.63, 3.8) is 0 Å². The first kappa shape index (κ1) is 15.5. The van der Waals surface area contributed by atoms with Crippen molar-refractivity contribution in [2.75, 3.05) is 13.1 Å². The van der Waals surface area contributed by atoms with Crippen LogP contribution in [0.4, 0.5) is 0 Å². The fourth-order valence-corrected chi connectivity index (χ4v) is 2.68. The number of ether oxygens (including phenoxy) is 1. The van der Waals surface area contributed by atoms with Crippen LogP contribution in [0.3, 0.4) is 0 Å². The number of pyridine rings is 1. The Morgan fingerprint density at radius 3 is 3.26 bits per heavy atom. The molecule has 0 spiro atoms. The first-order chi connectivity index (χ1) is 11.2. The zero-order chi connectivity index (χ0) is 16.1. The number of imidazole rings is 1. The second kappa shape index (κ2) is 7.23. The molecule has 1 aliphatic rings. The van der Waals surface area contributed by atoms with Crippen molar-refractivity contribution < 1.29 is 9.53 Å². The van der Waals surface area contributed by atoms with Crippen LogP contribution in [-0.4, -0.2) is 45.0 Å². The number of carbonyl (C=O) groups excluding carboxylic acids is 1. The molecule has 23 heavy (non-hydrogen) atoms. The van der Waals surface area contributed by atoms with Gasteiger partial charge in [-0.05, 0) is 12.5 Å². The summed E-state index contributed by atoms with van der Waals surface area (Å²) in [6, 6.07) is 3.74. The molecule has 122 valence electrons. The van der Waals surface area contributed by atoms with Gasteiger partial charge in [0.2, 0.25) is 5.91 Å². The van der Waals surface area contributed by atoms with E-state index in [2.05, 4.69) is 25.2 Å². The van der Waals surface area contributed by atoms with Gasteiger partial charge >= 0.3 is 0 Å². The number of H-pyrrole nitrogens is 1. The van der Waals surface area contributed by atoms with Gasteiger partial charge in [-0.3, -0.25) is 14.7 Å². The SMILES string of the molecule is CC(=O)NCc1cc(OC2CCN(Cc3cnc[nH]3)C2)ccn1. The van der Waals surface area contributed by atoms with Gasteiger partial charge in [0, 0.05) is 50.7 Å². The van der Waals surface area contributed by atoms with Gasteiger partial charge < -0.3 is 15.0 Å². The summed E-state index contributed by atoms with van der Waals surface area (Å²) in [5, 5.41) is 2.74. The maximum absolute atomic E-state index is 11.0. The van der Waals surface area contributed by atoms with E-state index < -0.39 is 0 Å². The van der Waals surface area contributed by atoms with Crippen LogP contribution in [0.15, 0.2) is 30.9 Å². The molecular formula is C16H21N5O2. The van der Waals surface area contributed by atoms with Gasteiger partial charge in [0.25, 0.3) is 0 Å². The molecule has 7 nitrogen and oxygen atoms in total. The largest absolute Gasteiger partial charge is 0.489 e. The zero-order valence-electron chi connectivity index (χ0n) is 13.2. The Bertz CT molecular complexity index is 644. The summed E-state index contributed by atoms with van der Waals surface area (Å²) in [7, 11) is 0. The predicted octanol–water partition coefficient (Wildman–Crippen LogP) is 1.09. The summed E-state index contributed by atoms with van der Waals surface area (Å²) >= 11 is 0. The number of aromatic amines is 1. The van der Waals surface area contributed by atoms with Gasteiger partial charge in [-0.25, -0.2) is 4.98 Å². The number of nitrogens with zero attached hydrogens (tertiary/aromatic N) is 3. The molecule has 0 aromatic carbocycles. The quantitative estimate of drug-likeness (QED) is 0.834. The van der Waals surface area contributed by atoms with Gasteiger partial charge in [-0.2, -0.15) is 0 Å². The molecule has 1 fully saturated rings. The monoisotopic (exact) mass is 315 g/mol.